The molecule has 1 aromatic rings. The van der Waals surface area contributed by atoms with E-state index in [0.717, 1.165) is 10.0 Å². The SMILES string of the molecule is CC(=O)C(Cl)Cc1cccc(Br)c1. The van der Waals surface area contributed by atoms with Gasteiger partial charge in [0.1, 0.15) is 5.78 Å². The molecule has 0 fully saturated rings. The second-order valence-corrected chi connectivity index (χ2v) is 4.35. The van der Waals surface area contributed by atoms with Crippen molar-refractivity contribution in [2.45, 2.75) is 18.7 Å². The zero-order valence-corrected chi connectivity index (χ0v) is 9.60. The quantitative estimate of drug-likeness (QED) is 0.764. The number of halogens is 2. The van der Waals surface area contributed by atoms with Crippen LogP contribution >= 0.6 is 27.5 Å². The van der Waals surface area contributed by atoms with Crippen molar-refractivity contribution in [1.82, 2.24) is 0 Å². The second-order valence-electron chi connectivity index (χ2n) is 2.91. The molecule has 13 heavy (non-hydrogen) atoms. The molecule has 0 aromatic heterocycles. The zero-order valence-electron chi connectivity index (χ0n) is 7.26. The number of hydrogen-bond donors (Lipinski definition) is 0. The highest BCUT2D eigenvalue weighted by Gasteiger charge is 2.10. The van der Waals surface area contributed by atoms with Gasteiger partial charge in [0, 0.05) is 4.47 Å². The summed E-state index contributed by atoms with van der Waals surface area (Å²) in [6.45, 7) is 1.51. The van der Waals surface area contributed by atoms with Crippen LogP contribution in [0, 0.1) is 0 Å². The standard InChI is InChI=1S/C10H10BrClO/c1-7(13)10(12)6-8-3-2-4-9(11)5-8/h2-5,10H,6H2,1H3. The number of carbonyl (C=O) groups excluding carboxylic acids is 1. The topological polar surface area (TPSA) is 17.1 Å². The normalized spacial score (nSPS) is 12.5. The molecule has 0 spiro atoms. The first-order valence-electron chi connectivity index (χ1n) is 3.98. The fourth-order valence-corrected chi connectivity index (χ4v) is 1.64. The number of hydrogen-bond acceptors (Lipinski definition) is 1. The van der Waals surface area contributed by atoms with Gasteiger partial charge in [0.2, 0.25) is 0 Å². The van der Waals surface area contributed by atoms with Crippen LogP contribution in [0.4, 0.5) is 0 Å². The lowest BCUT2D eigenvalue weighted by Gasteiger charge is -2.05. The summed E-state index contributed by atoms with van der Waals surface area (Å²) in [5.74, 6) is 0.0154. The van der Waals surface area contributed by atoms with E-state index in [4.69, 9.17) is 11.6 Å². The van der Waals surface area contributed by atoms with Gasteiger partial charge in [-0.15, -0.1) is 11.6 Å². The molecular weight excluding hydrogens is 251 g/mol. The fourth-order valence-electron chi connectivity index (χ4n) is 1.01. The van der Waals surface area contributed by atoms with Crippen LogP contribution < -0.4 is 0 Å². The molecule has 0 amide bonds. The highest BCUT2D eigenvalue weighted by Crippen LogP contribution is 2.15. The maximum atomic E-state index is 10.9. The van der Waals surface area contributed by atoms with Crippen molar-refractivity contribution in [2.75, 3.05) is 0 Å². The molecule has 0 radical (unpaired) electrons. The number of rotatable bonds is 3. The molecule has 0 bridgehead atoms. The lowest BCUT2D eigenvalue weighted by Crippen LogP contribution is -2.13. The van der Waals surface area contributed by atoms with E-state index in [0.29, 0.717) is 6.42 Å². The molecule has 0 heterocycles. The highest BCUT2D eigenvalue weighted by molar-refractivity contribution is 9.10. The van der Waals surface area contributed by atoms with Crippen LogP contribution in [0.5, 0.6) is 0 Å². The molecule has 1 nitrogen and oxygen atoms in total. The van der Waals surface area contributed by atoms with Crippen LogP contribution in [-0.4, -0.2) is 11.2 Å². The molecule has 1 rings (SSSR count). The van der Waals surface area contributed by atoms with Crippen molar-refractivity contribution >= 4 is 33.3 Å². The summed E-state index contributed by atoms with van der Waals surface area (Å²) in [5, 5.41) is -0.408. The maximum absolute atomic E-state index is 10.9. The van der Waals surface area contributed by atoms with E-state index in [1.54, 1.807) is 0 Å². The van der Waals surface area contributed by atoms with Gasteiger partial charge in [-0.05, 0) is 31.0 Å². The molecule has 0 aliphatic heterocycles. The Balaban J connectivity index is 2.69. The van der Waals surface area contributed by atoms with Crippen molar-refractivity contribution in [2.24, 2.45) is 0 Å². The fraction of sp³-hybridized carbons (Fsp3) is 0.300. The summed E-state index contributed by atoms with van der Waals surface area (Å²) in [7, 11) is 0. The van der Waals surface area contributed by atoms with Gasteiger partial charge in [-0.1, -0.05) is 28.1 Å². The minimum atomic E-state index is -0.408. The number of carbonyl (C=O) groups is 1. The van der Waals surface area contributed by atoms with Gasteiger partial charge in [-0.25, -0.2) is 0 Å². The third-order valence-corrected chi connectivity index (χ3v) is 2.70. The molecule has 1 atom stereocenters. The van der Waals surface area contributed by atoms with Gasteiger partial charge >= 0.3 is 0 Å². The summed E-state index contributed by atoms with van der Waals surface area (Å²) in [6.07, 6.45) is 0.594. The Morgan fingerprint density at radius 2 is 2.31 bits per heavy atom. The van der Waals surface area contributed by atoms with Gasteiger partial charge in [0.15, 0.2) is 0 Å². The minimum absolute atomic E-state index is 0.0154. The molecule has 0 aliphatic carbocycles. The third-order valence-electron chi connectivity index (χ3n) is 1.75. The van der Waals surface area contributed by atoms with E-state index < -0.39 is 5.38 Å². The maximum Gasteiger partial charge on any atom is 0.147 e. The van der Waals surface area contributed by atoms with Crippen LogP contribution in [0.1, 0.15) is 12.5 Å². The van der Waals surface area contributed by atoms with Crippen LogP contribution in [0.2, 0.25) is 0 Å². The number of alkyl halides is 1. The Morgan fingerprint density at radius 1 is 1.62 bits per heavy atom. The van der Waals surface area contributed by atoms with E-state index in [-0.39, 0.29) is 5.78 Å². The van der Waals surface area contributed by atoms with Gasteiger partial charge in [0.25, 0.3) is 0 Å². The van der Waals surface area contributed by atoms with Crippen molar-refractivity contribution in [3.63, 3.8) is 0 Å². The molecule has 0 N–H and O–H groups in total. The van der Waals surface area contributed by atoms with E-state index in [2.05, 4.69) is 15.9 Å². The van der Waals surface area contributed by atoms with Crippen molar-refractivity contribution in [3.8, 4) is 0 Å². The molecule has 0 saturated heterocycles. The molecule has 1 unspecified atom stereocenters. The summed E-state index contributed by atoms with van der Waals surface area (Å²) >= 11 is 9.20. The highest BCUT2D eigenvalue weighted by atomic mass is 79.9. The average molecular weight is 262 g/mol. The Morgan fingerprint density at radius 3 is 2.85 bits per heavy atom. The third kappa shape index (κ3) is 3.49. The van der Waals surface area contributed by atoms with Crippen LogP contribution in [0.25, 0.3) is 0 Å². The number of Topliss-reactive ketones (excluding diaryl/α,β-unsaturated/α-hetero) is 1. The lowest BCUT2D eigenvalue weighted by atomic mass is 10.1. The van der Waals surface area contributed by atoms with E-state index in [1.807, 2.05) is 24.3 Å². The van der Waals surface area contributed by atoms with E-state index >= 15 is 0 Å². The second kappa shape index (κ2) is 4.77. The minimum Gasteiger partial charge on any atom is -0.298 e. The Hall–Kier alpha value is -0.340. The van der Waals surface area contributed by atoms with E-state index in [9.17, 15) is 4.79 Å². The smallest absolute Gasteiger partial charge is 0.147 e. The Kier molecular flexibility index (Phi) is 3.94. The molecule has 70 valence electrons. The summed E-state index contributed by atoms with van der Waals surface area (Å²) in [6, 6.07) is 7.81. The first-order chi connectivity index (χ1) is 6.09. The van der Waals surface area contributed by atoms with Gasteiger partial charge in [-0.3, -0.25) is 4.79 Å². The molecule has 0 aliphatic rings. The summed E-state index contributed by atoms with van der Waals surface area (Å²) in [4.78, 5) is 10.9. The monoisotopic (exact) mass is 260 g/mol. The van der Waals surface area contributed by atoms with Crippen molar-refractivity contribution in [3.05, 3.63) is 34.3 Å². The lowest BCUT2D eigenvalue weighted by molar-refractivity contribution is -0.116. The largest absolute Gasteiger partial charge is 0.298 e. The first-order valence-corrected chi connectivity index (χ1v) is 5.21. The van der Waals surface area contributed by atoms with Gasteiger partial charge < -0.3 is 0 Å². The number of benzene rings is 1. The average Bonchev–Trinajstić information content (AvgIpc) is 2.04. The predicted molar refractivity (Wildman–Crippen MR) is 58.2 cm³/mol. The van der Waals surface area contributed by atoms with Crippen LogP contribution in [0.3, 0.4) is 0 Å². The van der Waals surface area contributed by atoms with Crippen molar-refractivity contribution < 1.29 is 4.79 Å². The number of ketones is 1. The van der Waals surface area contributed by atoms with Crippen molar-refractivity contribution in [1.29, 1.82) is 0 Å². The van der Waals surface area contributed by atoms with Gasteiger partial charge in [0.05, 0.1) is 5.38 Å². The Bertz CT molecular complexity index is 312. The molecule has 3 heteroatoms. The van der Waals surface area contributed by atoms with Crippen LogP contribution in [0.15, 0.2) is 28.7 Å². The van der Waals surface area contributed by atoms with E-state index in [1.165, 1.54) is 6.92 Å². The Labute approximate surface area is 91.2 Å². The summed E-state index contributed by atoms with van der Waals surface area (Å²) in [5.41, 5.74) is 1.07. The molecule has 0 saturated carbocycles. The zero-order chi connectivity index (χ0) is 9.84. The van der Waals surface area contributed by atoms with Gasteiger partial charge in [-0.2, -0.15) is 0 Å². The summed E-state index contributed by atoms with van der Waals surface area (Å²) < 4.78 is 1.01. The predicted octanol–water partition coefficient (Wildman–Crippen LogP) is 3.19. The molecule has 1 aromatic carbocycles. The van der Waals surface area contributed by atoms with Crippen LogP contribution in [-0.2, 0) is 11.2 Å². The molecular formula is C10H10BrClO. The first kappa shape index (κ1) is 10.7.